The van der Waals surface area contributed by atoms with Crippen LogP contribution in [0, 0.1) is 5.92 Å². The van der Waals surface area contributed by atoms with E-state index >= 15 is 0 Å². The van der Waals surface area contributed by atoms with E-state index in [9.17, 15) is 29.7 Å². The molecule has 25 heavy (non-hydrogen) atoms. The zero-order chi connectivity index (χ0) is 18.7. The van der Waals surface area contributed by atoms with E-state index in [0.717, 1.165) is 18.9 Å². The molecule has 1 saturated carbocycles. The summed E-state index contributed by atoms with van der Waals surface area (Å²) < 4.78 is 5.21. The van der Waals surface area contributed by atoms with E-state index < -0.39 is 54.6 Å². The smallest absolute Gasteiger partial charge is 0.370 e. The van der Waals surface area contributed by atoms with Gasteiger partial charge in [0, 0.05) is 12.8 Å². The molecule has 2 unspecified atom stereocenters. The number of carboxylic acid groups (broad SMARTS) is 1. The second-order valence-corrected chi connectivity index (χ2v) is 6.19. The van der Waals surface area contributed by atoms with Gasteiger partial charge in [-0.15, -0.1) is 0 Å². The van der Waals surface area contributed by atoms with Crippen molar-refractivity contribution in [3.05, 3.63) is 11.8 Å². The van der Waals surface area contributed by atoms with Crippen molar-refractivity contribution in [2.45, 2.75) is 50.2 Å². The van der Waals surface area contributed by atoms with Crippen molar-refractivity contribution in [3.63, 3.8) is 0 Å². The molecule has 0 bridgehead atoms. The molecule has 0 aromatic carbocycles. The van der Waals surface area contributed by atoms with Crippen molar-refractivity contribution < 1.29 is 39.5 Å². The molecule has 6 N–H and O–H groups in total. The Bertz CT molecular complexity index is 574. The number of carbonyl (C=O) groups excluding carboxylic acids is 2. The lowest BCUT2D eigenvalue weighted by molar-refractivity contribution is -0.147. The van der Waals surface area contributed by atoms with Crippen LogP contribution in [0.3, 0.4) is 0 Å². The predicted octanol–water partition coefficient (Wildman–Crippen LogP) is -2.53. The van der Waals surface area contributed by atoms with Gasteiger partial charge < -0.3 is 35.8 Å². The molecule has 10 nitrogen and oxygen atoms in total. The Morgan fingerprint density at radius 2 is 1.92 bits per heavy atom. The van der Waals surface area contributed by atoms with Crippen LogP contribution < -0.4 is 10.6 Å². The van der Waals surface area contributed by atoms with Crippen molar-refractivity contribution >= 4 is 17.8 Å². The standard InChI is InChI=1S/C15H22N2O8/c1-6(19)16-11-8(17-14(22)7-2-3-7)4-10(15(23)24)25-13(11)12(21)9(20)5-18/h4,7-9,11-13,18,20-21H,2-3,5H2,1H3,(H,16,19)(H,17,22)(H,23,24)/t8-,9?,11+,12?,13+/m0/s1. The van der Waals surface area contributed by atoms with Crippen LogP contribution >= 0.6 is 0 Å². The molecular formula is C15H22N2O8. The Kier molecular flexibility index (Phi) is 5.98. The molecule has 0 saturated heterocycles. The molecule has 2 amide bonds. The number of hydrogen-bond donors (Lipinski definition) is 6. The van der Waals surface area contributed by atoms with Crippen molar-refractivity contribution in [2.75, 3.05) is 6.61 Å². The summed E-state index contributed by atoms with van der Waals surface area (Å²) in [6.45, 7) is 0.418. The third-order valence-electron chi connectivity index (χ3n) is 4.09. The Morgan fingerprint density at radius 3 is 2.40 bits per heavy atom. The van der Waals surface area contributed by atoms with Crippen LogP contribution in [0.1, 0.15) is 19.8 Å². The highest BCUT2D eigenvalue weighted by Crippen LogP contribution is 2.30. The number of carboxylic acids is 1. The summed E-state index contributed by atoms with van der Waals surface area (Å²) in [7, 11) is 0. The van der Waals surface area contributed by atoms with E-state index in [4.69, 9.17) is 9.84 Å². The maximum absolute atomic E-state index is 12.1. The van der Waals surface area contributed by atoms with Crippen molar-refractivity contribution in [2.24, 2.45) is 5.92 Å². The second kappa shape index (κ2) is 7.81. The average molecular weight is 358 g/mol. The SMILES string of the molecule is CC(=O)N[C@@H]1[C@@H](NC(=O)C2CC2)C=C(C(=O)O)O[C@H]1C(O)C(O)CO. The molecule has 2 aliphatic rings. The first kappa shape index (κ1) is 19.2. The van der Waals surface area contributed by atoms with Crippen LogP contribution in [0.25, 0.3) is 0 Å². The lowest BCUT2D eigenvalue weighted by Gasteiger charge is -2.40. The second-order valence-electron chi connectivity index (χ2n) is 6.19. The Balaban J connectivity index is 2.32. The fourth-order valence-corrected chi connectivity index (χ4v) is 2.63. The molecule has 0 aromatic rings. The highest BCUT2D eigenvalue weighted by molar-refractivity contribution is 5.86. The summed E-state index contributed by atoms with van der Waals surface area (Å²) in [5.41, 5.74) is 0. The lowest BCUT2D eigenvalue weighted by atomic mass is 9.92. The molecule has 2 rings (SSSR count). The molecule has 0 aromatic heterocycles. The normalized spacial score (nSPS) is 28.2. The summed E-state index contributed by atoms with van der Waals surface area (Å²) in [6.07, 6.45) is -2.10. The molecule has 10 heteroatoms. The first-order chi connectivity index (χ1) is 11.7. The Labute approximate surface area is 143 Å². The molecule has 1 aliphatic carbocycles. The van der Waals surface area contributed by atoms with Gasteiger partial charge in [-0.25, -0.2) is 4.79 Å². The third-order valence-corrected chi connectivity index (χ3v) is 4.09. The largest absolute Gasteiger partial charge is 0.478 e. The van der Waals surface area contributed by atoms with Gasteiger partial charge in [0.25, 0.3) is 0 Å². The van der Waals surface area contributed by atoms with Gasteiger partial charge in [0.05, 0.1) is 18.7 Å². The maximum Gasteiger partial charge on any atom is 0.370 e. The maximum atomic E-state index is 12.1. The Morgan fingerprint density at radius 1 is 1.28 bits per heavy atom. The minimum absolute atomic E-state index is 0.158. The number of carbonyl (C=O) groups is 3. The summed E-state index contributed by atoms with van der Waals surface area (Å²) in [6, 6.07) is -1.98. The highest BCUT2D eigenvalue weighted by atomic mass is 16.5. The summed E-state index contributed by atoms with van der Waals surface area (Å²) in [4.78, 5) is 34.8. The van der Waals surface area contributed by atoms with E-state index in [2.05, 4.69) is 10.6 Å². The van der Waals surface area contributed by atoms with Gasteiger partial charge in [0.1, 0.15) is 18.3 Å². The minimum atomic E-state index is -1.69. The third kappa shape index (κ3) is 4.68. The highest BCUT2D eigenvalue weighted by Gasteiger charge is 2.45. The van der Waals surface area contributed by atoms with Crippen molar-refractivity contribution in [1.29, 1.82) is 0 Å². The molecule has 5 atom stereocenters. The Hall–Kier alpha value is -2.17. The van der Waals surface area contributed by atoms with Gasteiger partial charge in [-0.3, -0.25) is 9.59 Å². The topological polar surface area (TPSA) is 165 Å². The minimum Gasteiger partial charge on any atom is -0.478 e. The first-order valence-corrected chi connectivity index (χ1v) is 7.90. The molecule has 0 radical (unpaired) electrons. The number of amides is 2. The molecular weight excluding hydrogens is 336 g/mol. The monoisotopic (exact) mass is 358 g/mol. The fraction of sp³-hybridized carbons (Fsp3) is 0.667. The number of hydrogen-bond acceptors (Lipinski definition) is 7. The number of rotatable bonds is 7. The number of aliphatic hydroxyl groups excluding tert-OH is 3. The van der Waals surface area contributed by atoms with Gasteiger partial charge in [-0.2, -0.15) is 0 Å². The number of ether oxygens (including phenoxy) is 1. The molecule has 140 valence electrons. The molecule has 0 spiro atoms. The van der Waals surface area contributed by atoms with E-state index in [0.29, 0.717) is 0 Å². The summed E-state index contributed by atoms with van der Waals surface area (Å²) in [5, 5.41) is 43.2. The van der Waals surface area contributed by atoms with Crippen LogP contribution in [0.5, 0.6) is 0 Å². The number of aliphatic carboxylic acids is 1. The van der Waals surface area contributed by atoms with Gasteiger partial charge in [0.15, 0.2) is 0 Å². The summed E-state index contributed by atoms with van der Waals surface area (Å²) >= 11 is 0. The van der Waals surface area contributed by atoms with Crippen molar-refractivity contribution in [1.82, 2.24) is 10.6 Å². The van der Waals surface area contributed by atoms with Gasteiger partial charge in [-0.1, -0.05) is 0 Å². The van der Waals surface area contributed by atoms with E-state index in [1.165, 1.54) is 6.92 Å². The van der Waals surface area contributed by atoms with Gasteiger partial charge in [0.2, 0.25) is 17.6 Å². The zero-order valence-corrected chi connectivity index (χ0v) is 13.6. The number of aliphatic hydroxyl groups is 3. The van der Waals surface area contributed by atoms with Gasteiger partial charge >= 0.3 is 5.97 Å². The zero-order valence-electron chi connectivity index (χ0n) is 13.6. The van der Waals surface area contributed by atoms with Crippen LogP contribution in [-0.4, -0.2) is 75.2 Å². The molecule has 1 fully saturated rings. The molecule has 1 heterocycles. The van der Waals surface area contributed by atoms with Crippen LogP contribution in [0.2, 0.25) is 0 Å². The average Bonchev–Trinajstić information content (AvgIpc) is 3.39. The fourth-order valence-electron chi connectivity index (χ4n) is 2.63. The van der Waals surface area contributed by atoms with Crippen LogP contribution in [0.4, 0.5) is 0 Å². The first-order valence-electron chi connectivity index (χ1n) is 7.90. The van der Waals surface area contributed by atoms with Crippen LogP contribution in [-0.2, 0) is 19.1 Å². The predicted molar refractivity (Wildman–Crippen MR) is 82.0 cm³/mol. The molecule has 1 aliphatic heterocycles. The summed E-state index contributed by atoms with van der Waals surface area (Å²) in [5.74, 6) is -2.91. The quantitative estimate of drug-likeness (QED) is 0.290. The lowest BCUT2D eigenvalue weighted by Crippen LogP contribution is -2.63. The van der Waals surface area contributed by atoms with Crippen molar-refractivity contribution in [3.8, 4) is 0 Å². The van der Waals surface area contributed by atoms with E-state index in [1.807, 2.05) is 0 Å². The van der Waals surface area contributed by atoms with E-state index in [-0.39, 0.29) is 11.8 Å². The van der Waals surface area contributed by atoms with E-state index in [1.54, 1.807) is 0 Å². The van der Waals surface area contributed by atoms with Gasteiger partial charge in [-0.05, 0) is 18.9 Å². The number of nitrogens with one attached hydrogen (secondary N) is 2. The van der Waals surface area contributed by atoms with Crippen LogP contribution in [0.15, 0.2) is 11.8 Å².